The molecular formula is C17H24N2OS. The second-order valence-electron chi connectivity index (χ2n) is 5.07. The zero-order chi connectivity index (χ0) is 14.9. The lowest BCUT2D eigenvalue weighted by Gasteiger charge is -2.21. The number of aromatic nitrogens is 2. The van der Waals surface area contributed by atoms with Gasteiger partial charge in [0, 0.05) is 23.7 Å². The molecule has 0 N–H and O–H groups in total. The molecule has 1 atom stereocenters. The Bertz CT molecular complexity index is 513. The van der Waals surface area contributed by atoms with E-state index in [2.05, 4.69) is 40.9 Å². The van der Waals surface area contributed by atoms with E-state index in [-0.39, 0.29) is 6.04 Å². The van der Waals surface area contributed by atoms with E-state index in [4.69, 9.17) is 4.74 Å². The molecule has 0 saturated carbocycles. The molecule has 4 heteroatoms. The molecule has 0 aliphatic carbocycles. The Morgan fingerprint density at radius 2 is 2.14 bits per heavy atom. The fourth-order valence-electron chi connectivity index (χ4n) is 2.37. The van der Waals surface area contributed by atoms with Crippen LogP contribution >= 0.6 is 11.8 Å². The van der Waals surface area contributed by atoms with Crippen molar-refractivity contribution >= 4 is 11.8 Å². The number of hydrogen-bond acceptors (Lipinski definition) is 3. The highest BCUT2D eigenvalue weighted by atomic mass is 32.2. The third kappa shape index (κ3) is 4.53. The molecule has 2 aromatic rings. The summed E-state index contributed by atoms with van der Waals surface area (Å²) in [6, 6.07) is 8.63. The summed E-state index contributed by atoms with van der Waals surface area (Å²) in [7, 11) is 0. The normalized spacial score (nSPS) is 12.3. The zero-order valence-electron chi connectivity index (χ0n) is 12.9. The van der Waals surface area contributed by atoms with Gasteiger partial charge in [0.25, 0.3) is 0 Å². The van der Waals surface area contributed by atoms with E-state index in [1.165, 1.54) is 18.4 Å². The molecular weight excluding hydrogens is 280 g/mol. The van der Waals surface area contributed by atoms with E-state index in [1.807, 2.05) is 36.5 Å². The first-order valence-electron chi connectivity index (χ1n) is 7.55. The van der Waals surface area contributed by atoms with Crippen LogP contribution < -0.4 is 4.74 Å². The number of hydrogen-bond donors (Lipinski definition) is 0. The van der Waals surface area contributed by atoms with Crippen LogP contribution in [0.15, 0.2) is 43.0 Å². The molecule has 0 radical (unpaired) electrons. The molecule has 1 heterocycles. The van der Waals surface area contributed by atoms with Gasteiger partial charge in [-0.15, -0.1) is 0 Å². The summed E-state index contributed by atoms with van der Waals surface area (Å²) in [4.78, 5) is 4.18. The highest BCUT2D eigenvalue weighted by Gasteiger charge is 2.17. The van der Waals surface area contributed by atoms with Gasteiger partial charge < -0.3 is 9.30 Å². The van der Waals surface area contributed by atoms with Gasteiger partial charge in [0.15, 0.2) is 0 Å². The summed E-state index contributed by atoms with van der Waals surface area (Å²) >= 11 is 1.84. The predicted molar refractivity (Wildman–Crippen MR) is 90.2 cm³/mol. The fourth-order valence-corrected chi connectivity index (χ4v) is 3.04. The minimum atomic E-state index is 0.268. The van der Waals surface area contributed by atoms with Crippen molar-refractivity contribution in [3.63, 3.8) is 0 Å². The number of para-hydroxylation sites is 1. The standard InChI is InChI=1S/C17H24N2OS/c1-3-4-7-12-20-17-9-6-5-8-15(17)16(13-21-2)19-11-10-18-14-19/h5-6,8-11,14,16H,3-4,7,12-13H2,1-2H3. The Morgan fingerprint density at radius 3 is 2.86 bits per heavy atom. The van der Waals surface area contributed by atoms with Gasteiger partial charge in [-0.3, -0.25) is 0 Å². The molecule has 0 spiro atoms. The second kappa shape index (κ2) is 8.78. The molecule has 21 heavy (non-hydrogen) atoms. The quantitative estimate of drug-likeness (QED) is 0.642. The molecule has 0 bridgehead atoms. The molecule has 1 aromatic heterocycles. The fraction of sp³-hybridized carbons (Fsp3) is 0.471. The van der Waals surface area contributed by atoms with Crippen LogP contribution in [0.4, 0.5) is 0 Å². The van der Waals surface area contributed by atoms with Gasteiger partial charge in [-0.25, -0.2) is 4.98 Å². The molecule has 1 unspecified atom stereocenters. The Kier molecular flexibility index (Phi) is 6.67. The molecule has 2 rings (SSSR count). The molecule has 114 valence electrons. The molecule has 3 nitrogen and oxygen atoms in total. The minimum Gasteiger partial charge on any atom is -0.493 e. The lowest BCUT2D eigenvalue weighted by Crippen LogP contribution is -2.13. The maximum atomic E-state index is 6.02. The van der Waals surface area contributed by atoms with Crippen LogP contribution in [0.1, 0.15) is 37.8 Å². The van der Waals surface area contributed by atoms with Crippen LogP contribution in [0.25, 0.3) is 0 Å². The lowest BCUT2D eigenvalue weighted by atomic mass is 10.1. The van der Waals surface area contributed by atoms with E-state index in [0.29, 0.717) is 0 Å². The summed E-state index contributed by atoms with van der Waals surface area (Å²) < 4.78 is 8.18. The van der Waals surface area contributed by atoms with Crippen molar-refractivity contribution in [1.82, 2.24) is 9.55 Å². The van der Waals surface area contributed by atoms with Crippen LogP contribution in [-0.2, 0) is 0 Å². The van der Waals surface area contributed by atoms with Gasteiger partial charge in [0.1, 0.15) is 5.75 Å². The Labute approximate surface area is 131 Å². The van der Waals surface area contributed by atoms with Crippen molar-refractivity contribution in [2.75, 3.05) is 18.6 Å². The van der Waals surface area contributed by atoms with Gasteiger partial charge in [-0.2, -0.15) is 11.8 Å². The number of unbranched alkanes of at least 4 members (excludes halogenated alkanes) is 2. The van der Waals surface area contributed by atoms with Crippen molar-refractivity contribution in [3.05, 3.63) is 48.5 Å². The van der Waals surface area contributed by atoms with Crippen molar-refractivity contribution < 1.29 is 4.74 Å². The number of ether oxygens (including phenoxy) is 1. The van der Waals surface area contributed by atoms with Gasteiger partial charge in [0.2, 0.25) is 0 Å². The summed E-state index contributed by atoms with van der Waals surface area (Å²) in [6.07, 6.45) is 11.4. The largest absolute Gasteiger partial charge is 0.493 e. The maximum absolute atomic E-state index is 6.02. The summed E-state index contributed by atoms with van der Waals surface area (Å²) in [5, 5.41) is 0. The Morgan fingerprint density at radius 1 is 1.29 bits per heavy atom. The molecule has 1 aromatic carbocycles. The highest BCUT2D eigenvalue weighted by Crippen LogP contribution is 2.30. The first-order valence-corrected chi connectivity index (χ1v) is 8.94. The predicted octanol–water partition coefficient (Wildman–Crippen LogP) is 4.40. The van der Waals surface area contributed by atoms with Crippen LogP contribution in [0.3, 0.4) is 0 Å². The third-order valence-corrected chi connectivity index (χ3v) is 4.14. The van der Waals surface area contributed by atoms with Gasteiger partial charge in [-0.05, 0) is 18.7 Å². The highest BCUT2D eigenvalue weighted by molar-refractivity contribution is 7.98. The lowest BCUT2D eigenvalue weighted by molar-refractivity contribution is 0.301. The first kappa shape index (κ1) is 16.0. The molecule has 0 fully saturated rings. The third-order valence-electron chi connectivity index (χ3n) is 3.49. The van der Waals surface area contributed by atoms with E-state index in [0.717, 1.165) is 24.5 Å². The van der Waals surface area contributed by atoms with Gasteiger partial charge in [-0.1, -0.05) is 38.0 Å². The van der Waals surface area contributed by atoms with E-state index >= 15 is 0 Å². The number of imidazole rings is 1. The summed E-state index contributed by atoms with van der Waals surface area (Å²) in [5.41, 5.74) is 1.24. The van der Waals surface area contributed by atoms with Crippen molar-refractivity contribution in [1.29, 1.82) is 0 Å². The van der Waals surface area contributed by atoms with Crippen LogP contribution in [-0.4, -0.2) is 28.2 Å². The van der Waals surface area contributed by atoms with E-state index < -0.39 is 0 Å². The topological polar surface area (TPSA) is 27.1 Å². The molecule has 0 aliphatic rings. The molecule has 0 saturated heterocycles. The average molecular weight is 304 g/mol. The summed E-state index contributed by atoms with van der Waals surface area (Å²) in [5.74, 6) is 2.01. The smallest absolute Gasteiger partial charge is 0.124 e. The summed E-state index contributed by atoms with van der Waals surface area (Å²) in [6.45, 7) is 3.00. The number of benzene rings is 1. The van der Waals surface area contributed by atoms with Gasteiger partial charge >= 0.3 is 0 Å². The van der Waals surface area contributed by atoms with Crippen molar-refractivity contribution in [3.8, 4) is 5.75 Å². The van der Waals surface area contributed by atoms with Crippen LogP contribution in [0.2, 0.25) is 0 Å². The van der Waals surface area contributed by atoms with Crippen LogP contribution in [0.5, 0.6) is 5.75 Å². The maximum Gasteiger partial charge on any atom is 0.124 e. The molecule has 0 aliphatic heterocycles. The van der Waals surface area contributed by atoms with Gasteiger partial charge in [0.05, 0.1) is 19.0 Å². The minimum absolute atomic E-state index is 0.268. The van der Waals surface area contributed by atoms with E-state index in [9.17, 15) is 0 Å². The number of rotatable bonds is 9. The monoisotopic (exact) mass is 304 g/mol. The number of thioether (sulfide) groups is 1. The molecule has 0 amide bonds. The van der Waals surface area contributed by atoms with Crippen LogP contribution in [0, 0.1) is 0 Å². The van der Waals surface area contributed by atoms with E-state index in [1.54, 1.807) is 0 Å². The van der Waals surface area contributed by atoms with Crippen molar-refractivity contribution in [2.24, 2.45) is 0 Å². The first-order chi connectivity index (χ1) is 10.4. The zero-order valence-corrected chi connectivity index (χ0v) is 13.7. The average Bonchev–Trinajstić information content (AvgIpc) is 3.04. The Hall–Kier alpha value is -1.42. The second-order valence-corrected chi connectivity index (χ2v) is 5.99. The Balaban J connectivity index is 2.16. The van der Waals surface area contributed by atoms with Crippen molar-refractivity contribution in [2.45, 2.75) is 32.2 Å². The number of nitrogens with zero attached hydrogens (tertiary/aromatic N) is 2. The SMILES string of the molecule is CCCCCOc1ccccc1C(CSC)n1ccnc1.